The third-order valence-corrected chi connectivity index (χ3v) is 6.65. The summed E-state index contributed by atoms with van der Waals surface area (Å²) in [5.41, 5.74) is 2.12. The largest absolute Gasteiger partial charge is 0.493 e. The van der Waals surface area contributed by atoms with Gasteiger partial charge in [0.1, 0.15) is 5.01 Å². The topological polar surface area (TPSA) is 90.4 Å². The maximum atomic E-state index is 12.8. The molecule has 1 N–H and O–H groups in total. The van der Waals surface area contributed by atoms with Crippen molar-refractivity contribution in [2.24, 2.45) is 0 Å². The zero-order valence-electron chi connectivity index (χ0n) is 15.6. The Balaban J connectivity index is 0.00000256. The first-order valence-corrected chi connectivity index (χ1v) is 10.9. The van der Waals surface area contributed by atoms with Gasteiger partial charge in [-0.25, -0.2) is 13.4 Å². The Labute approximate surface area is 173 Å². The monoisotopic (exact) mass is 429 g/mol. The zero-order chi connectivity index (χ0) is 20.4. The number of hydrogen-bond donors (Lipinski definition) is 1. The molecule has 2 heterocycles. The van der Waals surface area contributed by atoms with Gasteiger partial charge < -0.3 is 9.47 Å². The number of nitrogens with one attached hydrogen (secondary N) is 1. The van der Waals surface area contributed by atoms with Crippen LogP contribution in [0.5, 0.6) is 11.5 Å². The summed E-state index contributed by atoms with van der Waals surface area (Å²) in [6, 6.07) is 13.4. The number of hydrogen-bond acceptors (Lipinski definition) is 7. The number of aromatic nitrogens is 2. The Morgan fingerprint density at radius 1 is 1.03 bits per heavy atom. The molecule has 0 bridgehead atoms. The van der Waals surface area contributed by atoms with Crippen molar-refractivity contribution in [2.75, 3.05) is 18.9 Å². The highest BCUT2D eigenvalue weighted by atomic mass is 32.2. The first-order valence-electron chi connectivity index (χ1n) is 8.56. The molecule has 4 aromatic rings. The van der Waals surface area contributed by atoms with E-state index >= 15 is 0 Å². The Bertz CT molecular complexity index is 1260. The van der Waals surface area contributed by atoms with Crippen LogP contribution in [0.1, 0.15) is 1.43 Å². The van der Waals surface area contributed by atoms with Gasteiger partial charge in [-0.2, -0.15) is 0 Å². The minimum Gasteiger partial charge on any atom is -0.493 e. The van der Waals surface area contributed by atoms with Crippen molar-refractivity contribution in [3.05, 3.63) is 60.9 Å². The molecule has 7 nitrogen and oxygen atoms in total. The molecule has 0 radical (unpaired) electrons. The summed E-state index contributed by atoms with van der Waals surface area (Å²) in [7, 11) is -0.856. The van der Waals surface area contributed by atoms with Gasteiger partial charge in [0.25, 0.3) is 10.0 Å². The second-order valence-electron chi connectivity index (χ2n) is 6.07. The Hall–Kier alpha value is -3.17. The van der Waals surface area contributed by atoms with Gasteiger partial charge in [-0.3, -0.25) is 9.71 Å². The molecule has 2 aromatic heterocycles. The molecule has 0 unspecified atom stereocenters. The van der Waals surface area contributed by atoms with Gasteiger partial charge in [0.15, 0.2) is 11.5 Å². The lowest BCUT2D eigenvalue weighted by molar-refractivity contribution is 0.354. The Morgan fingerprint density at radius 3 is 2.62 bits per heavy atom. The van der Waals surface area contributed by atoms with E-state index in [1.54, 1.807) is 36.7 Å². The normalized spacial score (nSPS) is 11.4. The van der Waals surface area contributed by atoms with Crippen LogP contribution >= 0.6 is 11.3 Å². The smallest absolute Gasteiger partial charge is 0.262 e. The minimum atomic E-state index is -3.81. The van der Waals surface area contributed by atoms with Crippen LogP contribution in [0.4, 0.5) is 5.69 Å². The molecule has 9 heteroatoms. The first-order chi connectivity index (χ1) is 14.0. The average Bonchev–Trinajstić information content (AvgIpc) is 3.17. The molecule has 4 rings (SSSR count). The van der Waals surface area contributed by atoms with Crippen LogP contribution in [-0.4, -0.2) is 32.6 Å². The van der Waals surface area contributed by atoms with Crippen LogP contribution in [0.3, 0.4) is 0 Å². The molecule has 0 atom stereocenters. The number of sulfonamides is 1. The number of pyridine rings is 1. The highest BCUT2D eigenvalue weighted by molar-refractivity contribution is 7.92. The van der Waals surface area contributed by atoms with E-state index in [0.717, 1.165) is 20.8 Å². The van der Waals surface area contributed by atoms with E-state index in [-0.39, 0.29) is 6.32 Å². The molecule has 150 valence electrons. The maximum Gasteiger partial charge on any atom is 0.262 e. The predicted molar refractivity (Wildman–Crippen MR) is 115 cm³/mol. The third kappa shape index (κ3) is 3.87. The summed E-state index contributed by atoms with van der Waals surface area (Å²) in [5, 5.41) is 0.792. The molecule has 0 aliphatic heterocycles. The number of methoxy groups -OCH3 is 2. The fourth-order valence-electron chi connectivity index (χ4n) is 2.82. The molecular weight excluding hydrogens is 410 g/mol. The molecule has 0 aliphatic rings. The number of rotatable bonds is 6. The summed E-state index contributed by atoms with van der Waals surface area (Å²) < 4.78 is 39.6. The van der Waals surface area contributed by atoms with Crippen molar-refractivity contribution in [1.82, 2.24) is 9.97 Å². The summed E-state index contributed by atoms with van der Waals surface area (Å²) in [5.74, 6) is 0.797. The van der Waals surface area contributed by atoms with E-state index in [4.69, 9.17) is 9.47 Å². The number of thiazole rings is 1. The lowest BCUT2D eigenvalue weighted by Gasteiger charge is -2.12. The van der Waals surface area contributed by atoms with Crippen molar-refractivity contribution >= 4 is 37.3 Å². The van der Waals surface area contributed by atoms with Crippen molar-refractivity contribution in [3.8, 4) is 22.1 Å². The molecular formula is C20H19N3O4S2. The second kappa shape index (κ2) is 7.69. The van der Waals surface area contributed by atoms with Crippen LogP contribution in [0.2, 0.25) is 0 Å². The van der Waals surface area contributed by atoms with E-state index in [1.807, 2.05) is 12.1 Å². The number of ether oxygens (including phenoxy) is 2. The summed E-state index contributed by atoms with van der Waals surface area (Å²) in [6.07, 6.45) is 3.46. The molecule has 0 saturated carbocycles. The van der Waals surface area contributed by atoms with E-state index in [1.165, 1.54) is 37.7 Å². The van der Waals surface area contributed by atoms with Crippen molar-refractivity contribution < 1.29 is 19.3 Å². The molecule has 0 aliphatic carbocycles. The standard InChI is InChI=1S/C20H17N3O4S2.H2/c1-26-17-7-6-15(11-18(17)27-2)29(24,25)23-14-5-3-4-13(10-14)20-22-16-8-9-21-12-19(16)28-20;/h3-12,23H,1-2H3;1H. The quantitative estimate of drug-likeness (QED) is 0.488. The SMILES string of the molecule is COc1ccc(S(=O)(=O)Nc2cccc(-c3nc4ccncc4s3)c2)cc1OC.[HH]. The maximum absolute atomic E-state index is 12.8. The van der Waals surface area contributed by atoms with Crippen LogP contribution in [0.15, 0.2) is 65.8 Å². The predicted octanol–water partition coefficient (Wildman–Crippen LogP) is 4.42. The number of benzene rings is 2. The van der Waals surface area contributed by atoms with E-state index < -0.39 is 10.0 Å². The number of anilines is 1. The van der Waals surface area contributed by atoms with Gasteiger partial charge >= 0.3 is 0 Å². The summed E-state index contributed by atoms with van der Waals surface area (Å²) in [4.78, 5) is 8.77. The van der Waals surface area contributed by atoms with Gasteiger partial charge in [0.2, 0.25) is 0 Å². The fourth-order valence-corrected chi connectivity index (χ4v) is 4.81. The highest BCUT2D eigenvalue weighted by Crippen LogP contribution is 2.32. The molecule has 29 heavy (non-hydrogen) atoms. The minimum absolute atomic E-state index is 0. The van der Waals surface area contributed by atoms with E-state index in [9.17, 15) is 8.42 Å². The van der Waals surface area contributed by atoms with Crippen LogP contribution in [0.25, 0.3) is 20.8 Å². The zero-order valence-corrected chi connectivity index (χ0v) is 17.3. The fraction of sp³-hybridized carbons (Fsp3) is 0.100. The van der Waals surface area contributed by atoms with Gasteiger partial charge in [-0.15, -0.1) is 11.3 Å². The van der Waals surface area contributed by atoms with Crippen LogP contribution in [0, 0.1) is 0 Å². The van der Waals surface area contributed by atoms with Crippen LogP contribution < -0.4 is 14.2 Å². The summed E-state index contributed by atoms with van der Waals surface area (Å²) in [6.45, 7) is 0. The van der Waals surface area contributed by atoms with Gasteiger partial charge in [-0.05, 0) is 30.3 Å². The van der Waals surface area contributed by atoms with Crippen LogP contribution in [-0.2, 0) is 10.0 Å². The molecule has 0 saturated heterocycles. The van der Waals surface area contributed by atoms with Crippen molar-refractivity contribution in [3.63, 3.8) is 0 Å². The number of nitrogens with zero attached hydrogens (tertiary/aromatic N) is 2. The number of fused-ring (bicyclic) bond motifs is 1. The Kier molecular flexibility index (Phi) is 5.08. The highest BCUT2D eigenvalue weighted by Gasteiger charge is 2.18. The molecule has 0 amide bonds. The first kappa shape index (κ1) is 19.2. The Morgan fingerprint density at radius 2 is 1.86 bits per heavy atom. The third-order valence-electron chi connectivity index (χ3n) is 4.22. The molecule has 0 fully saturated rings. The van der Waals surface area contributed by atoms with Crippen molar-refractivity contribution in [2.45, 2.75) is 4.90 Å². The lowest BCUT2D eigenvalue weighted by atomic mass is 10.2. The van der Waals surface area contributed by atoms with Gasteiger partial charge in [0.05, 0.1) is 29.3 Å². The van der Waals surface area contributed by atoms with Crippen molar-refractivity contribution in [1.29, 1.82) is 0 Å². The summed E-state index contributed by atoms with van der Waals surface area (Å²) >= 11 is 1.50. The average molecular weight is 430 g/mol. The van der Waals surface area contributed by atoms with Gasteiger partial charge in [-0.1, -0.05) is 12.1 Å². The lowest BCUT2D eigenvalue weighted by Crippen LogP contribution is -2.13. The van der Waals surface area contributed by atoms with E-state index in [0.29, 0.717) is 17.2 Å². The molecule has 2 aromatic carbocycles. The second-order valence-corrected chi connectivity index (χ2v) is 8.78. The molecule has 0 spiro atoms. The van der Waals surface area contributed by atoms with Gasteiger partial charge in [0, 0.05) is 31.1 Å². The van der Waals surface area contributed by atoms with E-state index in [2.05, 4.69) is 14.7 Å².